The highest BCUT2D eigenvalue weighted by molar-refractivity contribution is 8.77. The van der Waals surface area contributed by atoms with Crippen molar-refractivity contribution in [2.45, 2.75) is 44.3 Å². The molecule has 0 saturated carbocycles. The molecule has 110 valence electrons. The Kier molecular flexibility index (Phi) is 8.37. The van der Waals surface area contributed by atoms with Gasteiger partial charge in [0.15, 0.2) is 0 Å². The summed E-state index contributed by atoms with van der Waals surface area (Å²) in [6.45, 7) is 2.18. The number of carbonyl (C=O) groups excluding carboxylic acids is 2. The molecule has 0 aromatic heterocycles. The monoisotopic (exact) mass is 305 g/mol. The van der Waals surface area contributed by atoms with Gasteiger partial charge in [-0.2, -0.15) is 0 Å². The summed E-state index contributed by atoms with van der Waals surface area (Å²) in [7, 11) is 5.59. The van der Waals surface area contributed by atoms with E-state index in [-0.39, 0.29) is 18.4 Å². The molecule has 1 aliphatic heterocycles. The normalized spacial score (nSPS) is 18.3. The van der Waals surface area contributed by atoms with Gasteiger partial charge in [-0.15, -0.1) is 0 Å². The minimum Gasteiger partial charge on any atom is -0.465 e. The number of hydrogen-bond donors (Lipinski definition) is 0. The van der Waals surface area contributed by atoms with Crippen LogP contribution in [0.3, 0.4) is 0 Å². The average molecular weight is 305 g/mol. The summed E-state index contributed by atoms with van der Waals surface area (Å²) in [6.07, 6.45) is 5.03. The fourth-order valence-electron chi connectivity index (χ4n) is 1.89. The molecule has 19 heavy (non-hydrogen) atoms. The van der Waals surface area contributed by atoms with Crippen molar-refractivity contribution in [3.05, 3.63) is 0 Å². The predicted molar refractivity (Wildman–Crippen MR) is 81.2 cm³/mol. The summed E-state index contributed by atoms with van der Waals surface area (Å²) in [5.41, 5.74) is 0. The lowest BCUT2D eigenvalue weighted by molar-refractivity contribution is -0.148. The Morgan fingerprint density at radius 1 is 1.37 bits per heavy atom. The van der Waals surface area contributed by atoms with Crippen LogP contribution < -0.4 is 0 Å². The first kappa shape index (κ1) is 16.7. The molecule has 1 saturated heterocycles. The van der Waals surface area contributed by atoms with Crippen LogP contribution in [0.25, 0.3) is 0 Å². The van der Waals surface area contributed by atoms with Crippen LogP contribution in [0.5, 0.6) is 0 Å². The lowest BCUT2D eigenvalue weighted by Gasteiger charge is -2.16. The Bertz CT molecular complexity index is 294. The maximum atomic E-state index is 11.8. The summed E-state index contributed by atoms with van der Waals surface area (Å²) in [5.74, 6) is 0.954. The van der Waals surface area contributed by atoms with Crippen molar-refractivity contribution in [2.75, 3.05) is 26.0 Å². The maximum absolute atomic E-state index is 11.8. The zero-order chi connectivity index (χ0) is 14.1. The van der Waals surface area contributed by atoms with E-state index in [4.69, 9.17) is 4.74 Å². The first-order valence-electron chi connectivity index (χ1n) is 6.81. The highest BCUT2D eigenvalue weighted by atomic mass is 33.1. The molecule has 1 aliphatic rings. The highest BCUT2D eigenvalue weighted by Gasteiger charge is 2.17. The van der Waals surface area contributed by atoms with Crippen LogP contribution in [0.15, 0.2) is 0 Å². The molecule has 0 N–H and O–H groups in total. The van der Waals surface area contributed by atoms with Crippen LogP contribution in [0.4, 0.5) is 0 Å². The number of rotatable bonds is 8. The number of hydrogen-bond acceptors (Lipinski definition) is 5. The molecule has 1 fully saturated rings. The molecule has 0 radical (unpaired) electrons. The predicted octanol–water partition coefficient (Wildman–Crippen LogP) is 2.72. The number of esters is 1. The molecule has 1 unspecified atom stereocenters. The van der Waals surface area contributed by atoms with E-state index >= 15 is 0 Å². The minimum atomic E-state index is -0.335. The smallest absolute Gasteiger partial charge is 0.325 e. The van der Waals surface area contributed by atoms with E-state index < -0.39 is 0 Å². The van der Waals surface area contributed by atoms with Gasteiger partial charge in [0.1, 0.15) is 6.54 Å². The molecule has 0 aromatic carbocycles. The largest absolute Gasteiger partial charge is 0.465 e. The number of amides is 1. The molecule has 6 heteroatoms. The number of carbonyl (C=O) groups is 2. The Labute approximate surface area is 123 Å². The molecular formula is C13H23NO3S2. The average Bonchev–Trinajstić information content (AvgIpc) is 2.87. The molecule has 0 aromatic rings. The number of unbranched alkanes of at least 4 members (excludes halogenated alkanes) is 1. The van der Waals surface area contributed by atoms with E-state index in [9.17, 15) is 9.59 Å². The molecule has 1 atom stereocenters. The fourth-order valence-corrected chi connectivity index (χ4v) is 4.92. The maximum Gasteiger partial charge on any atom is 0.325 e. The summed E-state index contributed by atoms with van der Waals surface area (Å²) in [5, 5.41) is 0.775. The van der Waals surface area contributed by atoms with Gasteiger partial charge in [-0.05, 0) is 26.2 Å². The molecule has 0 aliphatic carbocycles. The zero-order valence-corrected chi connectivity index (χ0v) is 13.4. The van der Waals surface area contributed by atoms with E-state index in [1.54, 1.807) is 14.0 Å². The SMILES string of the molecule is CCOC(=O)CN(C)C(=O)CCCCC1CCSS1. The van der Waals surface area contributed by atoms with Gasteiger partial charge in [-0.3, -0.25) is 9.59 Å². The first-order chi connectivity index (χ1) is 9.13. The molecule has 1 heterocycles. The van der Waals surface area contributed by atoms with Crippen molar-refractivity contribution in [1.29, 1.82) is 0 Å². The summed E-state index contributed by atoms with van der Waals surface area (Å²) in [4.78, 5) is 24.5. The second-order valence-corrected chi connectivity index (χ2v) is 7.42. The van der Waals surface area contributed by atoms with Crippen molar-refractivity contribution in [3.8, 4) is 0 Å². The van der Waals surface area contributed by atoms with E-state index in [0.29, 0.717) is 13.0 Å². The Hall–Kier alpha value is -0.360. The topological polar surface area (TPSA) is 46.6 Å². The van der Waals surface area contributed by atoms with Crippen LogP contribution in [-0.4, -0.2) is 48.0 Å². The molecule has 0 bridgehead atoms. The fraction of sp³-hybridized carbons (Fsp3) is 0.846. The Morgan fingerprint density at radius 3 is 2.79 bits per heavy atom. The van der Waals surface area contributed by atoms with Gasteiger partial charge in [0, 0.05) is 24.5 Å². The highest BCUT2D eigenvalue weighted by Crippen LogP contribution is 2.39. The molecule has 1 rings (SSSR count). The minimum absolute atomic E-state index is 0.0292. The molecule has 1 amide bonds. The van der Waals surface area contributed by atoms with Crippen molar-refractivity contribution >= 4 is 33.5 Å². The first-order valence-corrected chi connectivity index (χ1v) is 9.19. The number of nitrogens with zero attached hydrogens (tertiary/aromatic N) is 1. The summed E-state index contributed by atoms with van der Waals surface area (Å²) in [6, 6.07) is 0. The van der Waals surface area contributed by atoms with Crippen LogP contribution in [0.2, 0.25) is 0 Å². The van der Waals surface area contributed by atoms with E-state index in [2.05, 4.69) is 0 Å². The van der Waals surface area contributed by atoms with E-state index in [1.165, 1.54) is 23.5 Å². The van der Waals surface area contributed by atoms with Gasteiger partial charge >= 0.3 is 5.97 Å². The van der Waals surface area contributed by atoms with Crippen LogP contribution in [-0.2, 0) is 14.3 Å². The number of ether oxygens (including phenoxy) is 1. The second-order valence-electron chi connectivity index (χ2n) is 4.63. The molecular weight excluding hydrogens is 282 g/mol. The van der Waals surface area contributed by atoms with Gasteiger partial charge in [0.25, 0.3) is 0 Å². The third kappa shape index (κ3) is 7.11. The summed E-state index contributed by atoms with van der Waals surface area (Å²) >= 11 is 0. The van der Waals surface area contributed by atoms with Crippen molar-refractivity contribution in [2.24, 2.45) is 0 Å². The van der Waals surface area contributed by atoms with Gasteiger partial charge in [-0.25, -0.2) is 0 Å². The van der Waals surface area contributed by atoms with Gasteiger partial charge in [0.2, 0.25) is 5.91 Å². The lowest BCUT2D eigenvalue weighted by atomic mass is 10.1. The van der Waals surface area contributed by atoms with Crippen LogP contribution in [0, 0.1) is 0 Å². The standard InChI is InChI=1S/C13H23NO3S2/c1-3-17-13(16)10-14(2)12(15)7-5-4-6-11-8-9-18-19-11/h11H,3-10H2,1-2H3. The van der Waals surface area contributed by atoms with Crippen molar-refractivity contribution < 1.29 is 14.3 Å². The third-order valence-electron chi connectivity index (χ3n) is 2.99. The number of likely N-dealkylation sites (N-methyl/N-ethyl adjacent to an activating group) is 1. The van der Waals surface area contributed by atoms with Gasteiger partial charge in [-0.1, -0.05) is 28.0 Å². The molecule has 0 spiro atoms. The van der Waals surface area contributed by atoms with Gasteiger partial charge < -0.3 is 9.64 Å². The quantitative estimate of drug-likeness (QED) is 0.392. The van der Waals surface area contributed by atoms with Crippen molar-refractivity contribution in [3.63, 3.8) is 0 Å². The van der Waals surface area contributed by atoms with Gasteiger partial charge in [0.05, 0.1) is 6.61 Å². The molecule has 4 nitrogen and oxygen atoms in total. The lowest BCUT2D eigenvalue weighted by Crippen LogP contribution is -2.32. The van der Waals surface area contributed by atoms with Crippen LogP contribution in [0.1, 0.15) is 39.0 Å². The van der Waals surface area contributed by atoms with Crippen molar-refractivity contribution in [1.82, 2.24) is 4.90 Å². The zero-order valence-electron chi connectivity index (χ0n) is 11.7. The van der Waals surface area contributed by atoms with Crippen LogP contribution >= 0.6 is 21.6 Å². The van der Waals surface area contributed by atoms with E-state index in [0.717, 1.165) is 18.1 Å². The Morgan fingerprint density at radius 2 is 2.16 bits per heavy atom. The third-order valence-corrected chi connectivity index (χ3v) is 6.00. The Balaban J connectivity index is 2.07. The second kappa shape index (κ2) is 9.53. The van der Waals surface area contributed by atoms with E-state index in [1.807, 2.05) is 21.6 Å². The summed E-state index contributed by atoms with van der Waals surface area (Å²) < 4.78 is 4.82.